The standard InChI is InChI=1S/C14H23N3O3/c1-10-4-5-12(16-14(20)8-17(2)3)13(6-10)15-7-11(19)9-18/h4-6,11,15,18-19H,7-9H2,1-3H3,(H,16,20). The zero-order chi connectivity index (χ0) is 15.1. The summed E-state index contributed by atoms with van der Waals surface area (Å²) in [6.45, 7) is 2.16. The highest BCUT2D eigenvalue weighted by Gasteiger charge is 2.09. The number of aliphatic hydroxyl groups is 2. The maximum Gasteiger partial charge on any atom is 0.238 e. The van der Waals surface area contributed by atoms with Gasteiger partial charge in [0.25, 0.3) is 0 Å². The van der Waals surface area contributed by atoms with Crippen molar-refractivity contribution in [1.82, 2.24) is 4.90 Å². The Bertz CT molecular complexity index is 449. The van der Waals surface area contributed by atoms with Crippen LogP contribution in [0.5, 0.6) is 0 Å². The number of benzene rings is 1. The van der Waals surface area contributed by atoms with E-state index in [-0.39, 0.29) is 19.1 Å². The SMILES string of the molecule is Cc1ccc(NC(=O)CN(C)C)c(NCC(O)CO)c1. The second kappa shape index (κ2) is 7.84. The molecule has 0 aliphatic heterocycles. The summed E-state index contributed by atoms with van der Waals surface area (Å²) >= 11 is 0. The quantitative estimate of drug-likeness (QED) is 0.576. The molecule has 0 bridgehead atoms. The Labute approximate surface area is 119 Å². The molecule has 1 amide bonds. The molecule has 0 saturated carbocycles. The van der Waals surface area contributed by atoms with E-state index < -0.39 is 6.10 Å². The van der Waals surface area contributed by atoms with Crippen molar-refractivity contribution in [3.05, 3.63) is 23.8 Å². The van der Waals surface area contributed by atoms with E-state index in [9.17, 15) is 9.90 Å². The molecule has 4 N–H and O–H groups in total. The summed E-state index contributed by atoms with van der Waals surface area (Å²) in [7, 11) is 3.65. The fourth-order valence-electron chi connectivity index (χ4n) is 1.68. The number of nitrogens with zero attached hydrogens (tertiary/aromatic N) is 1. The van der Waals surface area contributed by atoms with Gasteiger partial charge in [-0.1, -0.05) is 6.07 Å². The minimum atomic E-state index is -0.833. The van der Waals surface area contributed by atoms with Gasteiger partial charge in [-0.2, -0.15) is 0 Å². The molecule has 0 spiro atoms. The molecular formula is C14H23N3O3. The van der Waals surface area contributed by atoms with Crippen LogP contribution in [0, 0.1) is 6.92 Å². The Kier molecular flexibility index (Phi) is 6.44. The van der Waals surface area contributed by atoms with Crippen molar-refractivity contribution in [2.75, 3.05) is 44.4 Å². The predicted octanol–water partition coefficient (Wildman–Crippen LogP) is 0.260. The third kappa shape index (κ3) is 5.56. The molecular weight excluding hydrogens is 258 g/mol. The second-order valence-electron chi connectivity index (χ2n) is 5.05. The molecule has 1 aromatic carbocycles. The van der Waals surface area contributed by atoms with Crippen LogP contribution in [0.1, 0.15) is 5.56 Å². The van der Waals surface area contributed by atoms with Crippen LogP contribution in [0.4, 0.5) is 11.4 Å². The molecule has 0 saturated heterocycles. The molecule has 1 atom stereocenters. The first-order chi connectivity index (χ1) is 9.42. The monoisotopic (exact) mass is 281 g/mol. The van der Waals surface area contributed by atoms with Gasteiger partial charge in [-0.3, -0.25) is 4.79 Å². The zero-order valence-corrected chi connectivity index (χ0v) is 12.2. The van der Waals surface area contributed by atoms with Crippen LogP contribution in [-0.2, 0) is 4.79 Å². The lowest BCUT2D eigenvalue weighted by atomic mass is 10.2. The van der Waals surface area contributed by atoms with E-state index in [0.29, 0.717) is 12.2 Å². The largest absolute Gasteiger partial charge is 0.394 e. The number of carbonyl (C=O) groups is 1. The molecule has 6 heteroatoms. The highest BCUT2D eigenvalue weighted by Crippen LogP contribution is 2.23. The summed E-state index contributed by atoms with van der Waals surface area (Å²) in [4.78, 5) is 13.6. The van der Waals surface area contributed by atoms with Gasteiger partial charge >= 0.3 is 0 Å². The highest BCUT2D eigenvalue weighted by atomic mass is 16.3. The molecule has 0 fully saturated rings. The summed E-state index contributed by atoms with van der Waals surface area (Å²) in [5.74, 6) is -0.107. The van der Waals surface area contributed by atoms with Gasteiger partial charge in [-0.05, 0) is 38.7 Å². The highest BCUT2D eigenvalue weighted by molar-refractivity contribution is 5.95. The molecule has 0 radical (unpaired) electrons. The first kappa shape index (κ1) is 16.4. The first-order valence-corrected chi connectivity index (χ1v) is 6.50. The fourth-order valence-corrected chi connectivity index (χ4v) is 1.68. The number of anilines is 2. The molecule has 1 rings (SSSR count). The van der Waals surface area contributed by atoms with Crippen LogP contribution in [0.2, 0.25) is 0 Å². The third-order valence-electron chi connectivity index (χ3n) is 2.65. The van der Waals surface area contributed by atoms with Crippen molar-refractivity contribution in [2.24, 2.45) is 0 Å². The van der Waals surface area contributed by atoms with Crippen LogP contribution >= 0.6 is 0 Å². The minimum Gasteiger partial charge on any atom is -0.394 e. The smallest absolute Gasteiger partial charge is 0.238 e. The van der Waals surface area contributed by atoms with E-state index in [0.717, 1.165) is 11.3 Å². The van der Waals surface area contributed by atoms with Crippen LogP contribution in [0.15, 0.2) is 18.2 Å². The lowest BCUT2D eigenvalue weighted by Crippen LogP contribution is -2.28. The third-order valence-corrected chi connectivity index (χ3v) is 2.65. The lowest BCUT2D eigenvalue weighted by Gasteiger charge is -2.16. The van der Waals surface area contributed by atoms with Gasteiger partial charge in [0.1, 0.15) is 0 Å². The van der Waals surface area contributed by atoms with E-state index in [1.165, 1.54) is 0 Å². The van der Waals surface area contributed by atoms with Gasteiger partial charge in [0.2, 0.25) is 5.91 Å². The lowest BCUT2D eigenvalue weighted by molar-refractivity contribution is -0.116. The molecule has 6 nitrogen and oxygen atoms in total. The molecule has 0 aliphatic rings. The summed E-state index contributed by atoms with van der Waals surface area (Å²) in [6, 6.07) is 5.60. The van der Waals surface area contributed by atoms with Gasteiger partial charge < -0.3 is 25.7 Å². The van der Waals surface area contributed by atoms with Crippen molar-refractivity contribution >= 4 is 17.3 Å². The zero-order valence-electron chi connectivity index (χ0n) is 12.2. The molecule has 0 aliphatic carbocycles. The number of aliphatic hydroxyl groups excluding tert-OH is 2. The van der Waals surface area contributed by atoms with E-state index in [4.69, 9.17) is 5.11 Å². The predicted molar refractivity (Wildman–Crippen MR) is 79.9 cm³/mol. The molecule has 112 valence electrons. The number of amides is 1. The van der Waals surface area contributed by atoms with Crippen LogP contribution < -0.4 is 10.6 Å². The van der Waals surface area contributed by atoms with Crippen molar-refractivity contribution in [3.63, 3.8) is 0 Å². The Morgan fingerprint density at radius 1 is 1.35 bits per heavy atom. The minimum absolute atomic E-state index is 0.107. The number of hydrogen-bond acceptors (Lipinski definition) is 5. The topological polar surface area (TPSA) is 84.8 Å². The van der Waals surface area contributed by atoms with Gasteiger partial charge in [-0.15, -0.1) is 0 Å². The first-order valence-electron chi connectivity index (χ1n) is 6.50. The van der Waals surface area contributed by atoms with Gasteiger partial charge in [0.15, 0.2) is 0 Å². The maximum absolute atomic E-state index is 11.8. The van der Waals surface area contributed by atoms with E-state index >= 15 is 0 Å². The van der Waals surface area contributed by atoms with Crippen molar-refractivity contribution in [3.8, 4) is 0 Å². The molecule has 0 heterocycles. The van der Waals surface area contributed by atoms with E-state index in [2.05, 4.69) is 10.6 Å². The van der Waals surface area contributed by atoms with E-state index in [1.807, 2.05) is 39.2 Å². The van der Waals surface area contributed by atoms with Gasteiger partial charge in [0, 0.05) is 6.54 Å². The number of carbonyl (C=O) groups excluding carboxylic acids is 1. The van der Waals surface area contributed by atoms with Crippen LogP contribution in [0.25, 0.3) is 0 Å². The number of hydrogen-bond donors (Lipinski definition) is 4. The van der Waals surface area contributed by atoms with Crippen molar-refractivity contribution in [2.45, 2.75) is 13.0 Å². The Balaban J connectivity index is 2.76. The molecule has 0 aromatic heterocycles. The normalized spacial score (nSPS) is 12.3. The van der Waals surface area contributed by atoms with Gasteiger partial charge in [0.05, 0.1) is 30.6 Å². The summed E-state index contributed by atoms with van der Waals surface area (Å²) in [6.07, 6.45) is -0.833. The van der Waals surface area contributed by atoms with Crippen molar-refractivity contribution in [1.29, 1.82) is 0 Å². The van der Waals surface area contributed by atoms with Crippen molar-refractivity contribution < 1.29 is 15.0 Å². The molecule has 1 aromatic rings. The Morgan fingerprint density at radius 3 is 2.65 bits per heavy atom. The molecule has 1 unspecified atom stereocenters. The van der Waals surface area contributed by atoms with E-state index in [1.54, 1.807) is 4.90 Å². The summed E-state index contributed by atoms with van der Waals surface area (Å²) in [5, 5.41) is 24.0. The summed E-state index contributed by atoms with van der Waals surface area (Å²) in [5.41, 5.74) is 2.42. The number of aryl methyl sites for hydroxylation is 1. The number of likely N-dealkylation sites (N-methyl/N-ethyl adjacent to an activating group) is 1. The number of nitrogens with one attached hydrogen (secondary N) is 2. The fraction of sp³-hybridized carbons (Fsp3) is 0.500. The second-order valence-corrected chi connectivity index (χ2v) is 5.05. The maximum atomic E-state index is 11.8. The van der Waals surface area contributed by atoms with Gasteiger partial charge in [-0.25, -0.2) is 0 Å². The number of rotatable bonds is 7. The van der Waals surface area contributed by atoms with Crippen LogP contribution in [0.3, 0.4) is 0 Å². The average molecular weight is 281 g/mol. The molecule has 20 heavy (non-hydrogen) atoms. The summed E-state index contributed by atoms with van der Waals surface area (Å²) < 4.78 is 0. The Hall–Kier alpha value is -1.63. The Morgan fingerprint density at radius 2 is 2.05 bits per heavy atom. The average Bonchev–Trinajstić information content (AvgIpc) is 2.37. The van der Waals surface area contributed by atoms with Crippen LogP contribution in [-0.4, -0.2) is 60.9 Å².